The van der Waals surface area contributed by atoms with E-state index in [0.717, 1.165) is 101 Å². The molecule has 1 aliphatic carbocycles. The van der Waals surface area contributed by atoms with Crippen LogP contribution >= 0.6 is 0 Å². The van der Waals surface area contributed by atoms with Crippen LogP contribution in [-0.4, -0.2) is 88.7 Å². The van der Waals surface area contributed by atoms with Crippen LogP contribution in [0, 0.1) is 11.8 Å². The lowest BCUT2D eigenvalue weighted by atomic mass is 9.80. The average Bonchev–Trinajstić information content (AvgIpc) is 3.28. The lowest BCUT2D eigenvalue weighted by molar-refractivity contribution is 0.0219. The minimum Gasteiger partial charge on any atom is -0.493 e. The normalized spacial score (nSPS) is 21.0. The van der Waals surface area contributed by atoms with Crippen LogP contribution in [0.25, 0.3) is 0 Å². The molecule has 1 aliphatic heterocycles. The molecule has 264 valence electrons. The Bertz CT molecular complexity index is 1150. The van der Waals surface area contributed by atoms with Gasteiger partial charge >= 0.3 is 0 Å². The highest BCUT2D eigenvalue weighted by atomic mass is 16.5. The van der Waals surface area contributed by atoms with Gasteiger partial charge in [0.25, 0.3) is 0 Å². The molecule has 2 aromatic rings. The fraction of sp³-hybridized carbons (Fsp3) is 0.700. The predicted octanol–water partition coefficient (Wildman–Crippen LogP) is 7.80. The maximum absolute atomic E-state index is 11.9. The summed E-state index contributed by atoms with van der Waals surface area (Å²) < 4.78 is 21.9. The van der Waals surface area contributed by atoms with E-state index in [4.69, 9.17) is 18.9 Å². The van der Waals surface area contributed by atoms with Gasteiger partial charge in [-0.1, -0.05) is 63.5 Å². The lowest BCUT2D eigenvalue weighted by Gasteiger charge is -2.36. The van der Waals surface area contributed by atoms with E-state index < -0.39 is 0 Å². The summed E-state index contributed by atoms with van der Waals surface area (Å²) in [5, 5.41) is 11.9. The molecule has 0 bridgehead atoms. The van der Waals surface area contributed by atoms with Crippen LogP contribution in [0.3, 0.4) is 0 Å². The standard InChI is InChI=1S/C40H64N2O5/c1-44-37-22-20-32(28-39(37)46-3)16-11-13-24-41-26-15-27-42(25-14-12-17-33-21-23-38(45-2)40(29-33)47-4)31-36(43)35(30-41)34-18-9-7-5-6-8-10-19-34/h20-23,28-29,34-36,43H,5-19,24-27,30-31H2,1-4H3. The Kier molecular flexibility index (Phi) is 16.5. The van der Waals surface area contributed by atoms with Crippen LogP contribution in [0.2, 0.25) is 0 Å². The molecule has 2 atom stereocenters. The molecule has 0 spiro atoms. The highest BCUT2D eigenvalue weighted by molar-refractivity contribution is 5.43. The minimum absolute atomic E-state index is 0.265. The highest BCUT2D eigenvalue weighted by Crippen LogP contribution is 2.33. The van der Waals surface area contributed by atoms with Gasteiger partial charge < -0.3 is 33.9 Å². The van der Waals surface area contributed by atoms with Crippen LogP contribution in [0.15, 0.2) is 36.4 Å². The van der Waals surface area contributed by atoms with Crippen LogP contribution in [-0.2, 0) is 12.8 Å². The first kappa shape index (κ1) is 37.3. The van der Waals surface area contributed by atoms with Gasteiger partial charge in [-0.05, 0) is 112 Å². The Morgan fingerprint density at radius 3 is 1.53 bits per heavy atom. The van der Waals surface area contributed by atoms with Gasteiger partial charge in [0, 0.05) is 19.0 Å². The van der Waals surface area contributed by atoms with Crippen molar-refractivity contribution in [1.82, 2.24) is 9.80 Å². The van der Waals surface area contributed by atoms with E-state index in [2.05, 4.69) is 34.1 Å². The van der Waals surface area contributed by atoms with Crippen molar-refractivity contribution in [2.24, 2.45) is 11.8 Å². The minimum atomic E-state index is -0.265. The number of rotatable bonds is 15. The Morgan fingerprint density at radius 1 is 0.574 bits per heavy atom. The summed E-state index contributed by atoms with van der Waals surface area (Å²) in [6, 6.07) is 12.6. The first-order chi connectivity index (χ1) is 23.0. The molecule has 4 rings (SSSR count). The number of methoxy groups -OCH3 is 4. The molecule has 1 N–H and O–H groups in total. The average molecular weight is 653 g/mol. The Hall–Kier alpha value is -2.48. The van der Waals surface area contributed by atoms with Crippen molar-refractivity contribution in [3.63, 3.8) is 0 Å². The summed E-state index contributed by atoms with van der Waals surface area (Å²) in [5.41, 5.74) is 2.59. The van der Waals surface area contributed by atoms with Crippen molar-refractivity contribution in [2.45, 2.75) is 102 Å². The van der Waals surface area contributed by atoms with Crippen molar-refractivity contribution in [3.05, 3.63) is 47.5 Å². The number of hydrogen-bond donors (Lipinski definition) is 1. The van der Waals surface area contributed by atoms with Crippen LogP contribution in [0.1, 0.15) is 94.6 Å². The van der Waals surface area contributed by atoms with Crippen molar-refractivity contribution in [2.75, 3.05) is 67.7 Å². The third-order valence-electron chi connectivity index (χ3n) is 10.6. The fourth-order valence-corrected chi connectivity index (χ4v) is 7.88. The number of nitrogens with zero attached hydrogens (tertiary/aromatic N) is 2. The van der Waals surface area contributed by atoms with Gasteiger partial charge in [0.2, 0.25) is 0 Å². The smallest absolute Gasteiger partial charge is 0.160 e. The van der Waals surface area contributed by atoms with Crippen LogP contribution < -0.4 is 18.9 Å². The zero-order chi connectivity index (χ0) is 33.3. The zero-order valence-electron chi connectivity index (χ0n) is 30.0. The molecule has 2 aromatic carbocycles. The quantitative estimate of drug-likeness (QED) is 0.197. The topological polar surface area (TPSA) is 63.6 Å². The fourth-order valence-electron chi connectivity index (χ4n) is 7.88. The van der Waals surface area contributed by atoms with E-state index in [-0.39, 0.29) is 6.10 Å². The first-order valence-corrected chi connectivity index (χ1v) is 18.6. The summed E-state index contributed by atoms with van der Waals surface area (Å²) in [7, 11) is 6.77. The number of aliphatic hydroxyl groups excluding tert-OH is 1. The monoisotopic (exact) mass is 652 g/mol. The number of aryl methyl sites for hydroxylation is 2. The third-order valence-corrected chi connectivity index (χ3v) is 10.6. The molecular formula is C40H64N2O5. The third kappa shape index (κ3) is 12.2. The Labute approximate surface area is 285 Å². The van der Waals surface area contributed by atoms with Crippen molar-refractivity contribution < 1.29 is 24.1 Å². The van der Waals surface area contributed by atoms with Crippen LogP contribution in [0.4, 0.5) is 0 Å². The van der Waals surface area contributed by atoms with E-state index in [9.17, 15) is 5.11 Å². The molecule has 2 aliphatic rings. The van der Waals surface area contributed by atoms with Crippen LogP contribution in [0.5, 0.6) is 23.0 Å². The number of unbranched alkanes of at least 4 members (excludes halogenated alkanes) is 2. The second-order valence-electron chi connectivity index (χ2n) is 13.9. The zero-order valence-corrected chi connectivity index (χ0v) is 30.0. The molecule has 7 heteroatoms. The molecule has 1 saturated carbocycles. The predicted molar refractivity (Wildman–Crippen MR) is 192 cm³/mol. The molecule has 7 nitrogen and oxygen atoms in total. The number of aliphatic hydroxyl groups is 1. The molecule has 47 heavy (non-hydrogen) atoms. The largest absolute Gasteiger partial charge is 0.493 e. The van der Waals surface area contributed by atoms with E-state index >= 15 is 0 Å². The van der Waals surface area contributed by atoms with Gasteiger partial charge in [-0.2, -0.15) is 0 Å². The van der Waals surface area contributed by atoms with Gasteiger partial charge in [0.1, 0.15) is 0 Å². The van der Waals surface area contributed by atoms with Gasteiger partial charge in [-0.3, -0.25) is 0 Å². The van der Waals surface area contributed by atoms with Gasteiger partial charge in [-0.15, -0.1) is 0 Å². The van der Waals surface area contributed by atoms with Crippen molar-refractivity contribution in [1.29, 1.82) is 0 Å². The maximum Gasteiger partial charge on any atom is 0.160 e. The molecule has 0 amide bonds. The molecule has 1 heterocycles. The van der Waals surface area contributed by atoms with Crippen molar-refractivity contribution >= 4 is 0 Å². The number of benzene rings is 2. The SMILES string of the molecule is COc1ccc(CCCCN2CCCN(CCCCc3ccc(OC)c(OC)c3)CC(C3CCCCCCCC3)C(O)C2)cc1OC. The number of β-amino-alcohol motifs (C(OH)–C–C–N with tert-alkyl or cyclic N) is 1. The molecule has 0 radical (unpaired) electrons. The van der Waals surface area contributed by atoms with E-state index in [1.165, 1.54) is 68.9 Å². The van der Waals surface area contributed by atoms with Gasteiger partial charge in [0.05, 0.1) is 34.5 Å². The highest BCUT2D eigenvalue weighted by Gasteiger charge is 2.32. The second kappa shape index (κ2) is 20.8. The molecule has 1 saturated heterocycles. The summed E-state index contributed by atoms with van der Waals surface area (Å²) in [5.74, 6) is 4.16. The maximum atomic E-state index is 11.9. The van der Waals surface area contributed by atoms with E-state index in [1.807, 2.05) is 12.1 Å². The summed E-state index contributed by atoms with van der Waals surface area (Å²) in [6.07, 6.45) is 18.2. The number of ether oxygens (including phenoxy) is 4. The summed E-state index contributed by atoms with van der Waals surface area (Å²) in [6.45, 7) is 6.18. The summed E-state index contributed by atoms with van der Waals surface area (Å²) in [4.78, 5) is 5.28. The molecule has 0 aromatic heterocycles. The lowest BCUT2D eigenvalue weighted by Crippen LogP contribution is -2.43. The van der Waals surface area contributed by atoms with Gasteiger partial charge in [-0.25, -0.2) is 0 Å². The molecule has 2 unspecified atom stereocenters. The van der Waals surface area contributed by atoms with Crippen molar-refractivity contribution in [3.8, 4) is 23.0 Å². The molecular weight excluding hydrogens is 588 g/mol. The van der Waals surface area contributed by atoms with E-state index in [1.54, 1.807) is 28.4 Å². The molecule has 2 fully saturated rings. The Balaban J connectivity index is 1.34. The van der Waals surface area contributed by atoms with E-state index in [0.29, 0.717) is 11.8 Å². The Morgan fingerprint density at radius 2 is 1.04 bits per heavy atom. The first-order valence-electron chi connectivity index (χ1n) is 18.6. The van der Waals surface area contributed by atoms with Gasteiger partial charge in [0.15, 0.2) is 23.0 Å². The second-order valence-corrected chi connectivity index (χ2v) is 13.9. The number of hydrogen-bond acceptors (Lipinski definition) is 7. The summed E-state index contributed by atoms with van der Waals surface area (Å²) >= 11 is 0.